The molecule has 0 amide bonds. The molecule has 1 N–H and O–H groups in total. The molecule has 1 saturated heterocycles. The van der Waals surface area contributed by atoms with Crippen molar-refractivity contribution in [2.24, 2.45) is 10.4 Å². The van der Waals surface area contributed by atoms with Gasteiger partial charge in [-0.05, 0) is 25.3 Å². The van der Waals surface area contributed by atoms with Crippen LogP contribution in [0, 0.1) is 5.41 Å². The monoisotopic (exact) mass is 332 g/mol. The van der Waals surface area contributed by atoms with E-state index in [1.807, 2.05) is 24.6 Å². The van der Waals surface area contributed by atoms with E-state index < -0.39 is 0 Å². The van der Waals surface area contributed by atoms with E-state index in [-0.39, 0.29) is 11.0 Å². The zero-order chi connectivity index (χ0) is 16.7. The largest absolute Gasteiger partial charge is 0.443 e. The van der Waals surface area contributed by atoms with Gasteiger partial charge in [-0.3, -0.25) is 4.99 Å². The van der Waals surface area contributed by atoms with E-state index in [0.717, 1.165) is 23.1 Å². The predicted octanol–water partition coefficient (Wildman–Crippen LogP) is 3.60. The second-order valence-corrected chi connectivity index (χ2v) is 8.00. The van der Waals surface area contributed by atoms with Crippen molar-refractivity contribution in [2.45, 2.75) is 39.8 Å². The molecule has 1 aliphatic heterocycles. The minimum absolute atomic E-state index is 0.0841. The Balaban J connectivity index is 1.64. The first-order valence-electron chi connectivity index (χ1n) is 7.82. The van der Waals surface area contributed by atoms with Crippen molar-refractivity contribution in [3.05, 3.63) is 29.5 Å². The van der Waals surface area contributed by atoms with E-state index in [2.05, 4.69) is 47.9 Å². The van der Waals surface area contributed by atoms with Gasteiger partial charge in [0.2, 0.25) is 5.89 Å². The zero-order valence-corrected chi connectivity index (χ0v) is 15.2. The molecule has 0 aromatic carbocycles. The van der Waals surface area contributed by atoms with Crippen LogP contribution in [0.5, 0.6) is 0 Å². The van der Waals surface area contributed by atoms with Gasteiger partial charge >= 0.3 is 0 Å². The lowest BCUT2D eigenvalue weighted by Gasteiger charge is -2.62. The number of rotatable bonds is 3. The summed E-state index contributed by atoms with van der Waals surface area (Å²) in [5.41, 5.74) is 1.25. The van der Waals surface area contributed by atoms with Gasteiger partial charge in [-0.25, -0.2) is 4.98 Å². The van der Waals surface area contributed by atoms with Crippen molar-refractivity contribution in [3.8, 4) is 10.8 Å². The van der Waals surface area contributed by atoms with Crippen molar-refractivity contribution >= 4 is 17.3 Å². The van der Waals surface area contributed by atoms with Gasteiger partial charge in [0.05, 0.1) is 17.1 Å². The number of nitrogens with zero attached hydrogens (tertiary/aromatic N) is 3. The SMILES string of the molecule is CN=C(NCc1coc(-c2cccs2)n1)N1CC(C)(C)C1(C)C. The highest BCUT2D eigenvalue weighted by Crippen LogP contribution is 2.46. The highest BCUT2D eigenvalue weighted by Gasteiger charge is 2.53. The van der Waals surface area contributed by atoms with Gasteiger partial charge in [-0.15, -0.1) is 11.3 Å². The van der Waals surface area contributed by atoms with Crippen LogP contribution in [0.15, 0.2) is 33.2 Å². The van der Waals surface area contributed by atoms with Crippen LogP contribution >= 0.6 is 11.3 Å². The van der Waals surface area contributed by atoms with Crippen molar-refractivity contribution < 1.29 is 4.42 Å². The number of oxazole rings is 1. The average molecular weight is 332 g/mol. The molecule has 0 unspecified atom stereocenters. The second-order valence-electron chi connectivity index (χ2n) is 7.05. The van der Waals surface area contributed by atoms with Crippen LogP contribution < -0.4 is 5.32 Å². The molecule has 0 saturated carbocycles. The van der Waals surface area contributed by atoms with Crippen LogP contribution in [-0.4, -0.2) is 35.0 Å². The Morgan fingerprint density at radius 3 is 2.78 bits per heavy atom. The molecule has 0 bridgehead atoms. The summed E-state index contributed by atoms with van der Waals surface area (Å²) in [6.07, 6.45) is 1.71. The summed E-state index contributed by atoms with van der Waals surface area (Å²) in [5, 5.41) is 5.42. The Morgan fingerprint density at radius 1 is 1.43 bits per heavy atom. The van der Waals surface area contributed by atoms with Crippen molar-refractivity contribution in [2.75, 3.05) is 13.6 Å². The number of hydrogen-bond donors (Lipinski definition) is 1. The second kappa shape index (κ2) is 5.67. The molecule has 1 aliphatic rings. The minimum atomic E-state index is 0.0841. The molecule has 2 aromatic heterocycles. The van der Waals surface area contributed by atoms with Crippen molar-refractivity contribution in [1.82, 2.24) is 15.2 Å². The van der Waals surface area contributed by atoms with Gasteiger partial charge in [-0.1, -0.05) is 19.9 Å². The molecule has 0 atom stereocenters. The summed E-state index contributed by atoms with van der Waals surface area (Å²) in [6, 6.07) is 4.01. The van der Waals surface area contributed by atoms with Crippen LogP contribution in [0.1, 0.15) is 33.4 Å². The Labute approximate surface area is 141 Å². The number of likely N-dealkylation sites (tertiary alicyclic amines) is 1. The van der Waals surface area contributed by atoms with Crippen LogP contribution in [-0.2, 0) is 6.54 Å². The molecule has 1 fully saturated rings. The maximum Gasteiger partial charge on any atom is 0.236 e. The summed E-state index contributed by atoms with van der Waals surface area (Å²) in [6.45, 7) is 10.7. The fourth-order valence-corrected chi connectivity index (χ4v) is 3.42. The number of nitrogens with one attached hydrogen (secondary N) is 1. The maximum absolute atomic E-state index is 5.56. The van der Waals surface area contributed by atoms with Gasteiger partial charge in [0, 0.05) is 24.5 Å². The van der Waals surface area contributed by atoms with Crippen molar-refractivity contribution in [3.63, 3.8) is 0 Å². The Bertz CT molecular complexity index is 700. The number of guanidine groups is 1. The highest BCUT2D eigenvalue weighted by atomic mass is 32.1. The van der Waals surface area contributed by atoms with Crippen molar-refractivity contribution in [1.29, 1.82) is 0 Å². The summed E-state index contributed by atoms with van der Waals surface area (Å²) >= 11 is 1.63. The fraction of sp³-hybridized carbons (Fsp3) is 0.529. The Hall–Kier alpha value is -1.82. The lowest BCUT2D eigenvalue weighted by atomic mass is 9.65. The molecule has 5 nitrogen and oxygen atoms in total. The normalized spacial score (nSPS) is 19.5. The standard InChI is InChI=1S/C17H24N4OS/c1-16(2)11-21(17(16,3)4)15(18-5)19-9-12-10-22-14(20-12)13-7-6-8-23-13/h6-8,10H,9,11H2,1-5H3,(H,18,19). The smallest absolute Gasteiger partial charge is 0.236 e. The minimum Gasteiger partial charge on any atom is -0.443 e. The quantitative estimate of drug-likeness (QED) is 0.689. The Kier molecular flexibility index (Phi) is 3.96. The van der Waals surface area contributed by atoms with Gasteiger partial charge in [0.25, 0.3) is 0 Å². The van der Waals surface area contributed by atoms with Crippen LogP contribution in [0.2, 0.25) is 0 Å². The fourth-order valence-electron chi connectivity index (χ4n) is 2.77. The van der Waals surface area contributed by atoms with E-state index in [1.165, 1.54) is 0 Å². The van der Waals surface area contributed by atoms with Gasteiger partial charge in [0.15, 0.2) is 5.96 Å². The molecule has 0 aliphatic carbocycles. The molecule has 0 radical (unpaired) electrons. The first-order chi connectivity index (χ1) is 10.8. The highest BCUT2D eigenvalue weighted by molar-refractivity contribution is 7.13. The molecule has 0 spiro atoms. The van der Waals surface area contributed by atoms with E-state index in [9.17, 15) is 0 Å². The van der Waals surface area contributed by atoms with Crippen LogP contribution in [0.4, 0.5) is 0 Å². The molecule has 3 heterocycles. The molecular weight excluding hydrogens is 308 g/mol. The number of aromatic nitrogens is 1. The van der Waals surface area contributed by atoms with E-state index in [1.54, 1.807) is 17.6 Å². The lowest BCUT2D eigenvalue weighted by Crippen LogP contribution is -2.72. The number of aliphatic imine (C=N–C) groups is 1. The summed E-state index contributed by atoms with van der Waals surface area (Å²) in [7, 11) is 1.82. The molecular formula is C17H24N4OS. The van der Waals surface area contributed by atoms with E-state index in [4.69, 9.17) is 4.42 Å². The first-order valence-corrected chi connectivity index (χ1v) is 8.70. The van der Waals surface area contributed by atoms with Crippen LogP contribution in [0.25, 0.3) is 10.8 Å². The molecule has 6 heteroatoms. The number of hydrogen-bond acceptors (Lipinski definition) is 4. The average Bonchev–Trinajstić information content (AvgIpc) is 3.17. The molecule has 23 heavy (non-hydrogen) atoms. The molecule has 124 valence electrons. The number of thiophene rings is 1. The topological polar surface area (TPSA) is 53.7 Å². The molecule has 2 aromatic rings. The third-order valence-corrected chi connectivity index (χ3v) is 5.92. The summed E-state index contributed by atoms with van der Waals surface area (Å²) < 4.78 is 5.56. The summed E-state index contributed by atoms with van der Waals surface area (Å²) in [4.78, 5) is 12.3. The summed E-state index contributed by atoms with van der Waals surface area (Å²) in [5.74, 6) is 1.59. The predicted molar refractivity (Wildman–Crippen MR) is 94.6 cm³/mol. The van der Waals surface area contributed by atoms with E-state index >= 15 is 0 Å². The van der Waals surface area contributed by atoms with Gasteiger partial charge < -0.3 is 14.6 Å². The molecule has 3 rings (SSSR count). The first kappa shape index (κ1) is 16.1. The zero-order valence-electron chi connectivity index (χ0n) is 14.4. The van der Waals surface area contributed by atoms with Gasteiger partial charge in [0.1, 0.15) is 6.26 Å². The third kappa shape index (κ3) is 2.76. The maximum atomic E-state index is 5.56. The third-order valence-electron chi connectivity index (χ3n) is 5.06. The van der Waals surface area contributed by atoms with Gasteiger partial charge in [-0.2, -0.15) is 0 Å². The van der Waals surface area contributed by atoms with E-state index in [0.29, 0.717) is 12.4 Å². The lowest BCUT2D eigenvalue weighted by molar-refractivity contribution is -0.0668. The van der Waals surface area contributed by atoms with Crippen LogP contribution in [0.3, 0.4) is 0 Å². The Morgan fingerprint density at radius 2 is 2.22 bits per heavy atom.